The van der Waals surface area contributed by atoms with Crippen molar-refractivity contribution in [3.63, 3.8) is 0 Å². The Morgan fingerprint density at radius 1 is 0.921 bits per heavy atom. The van der Waals surface area contributed by atoms with Crippen molar-refractivity contribution in [2.45, 2.75) is 63.7 Å². The fraction of sp³-hybridized carbons (Fsp3) is 0.560. The first-order valence-electron chi connectivity index (χ1n) is 12.4. The van der Waals surface area contributed by atoms with Crippen LogP contribution in [0.2, 0.25) is 0 Å². The molecule has 0 radical (unpaired) electrons. The van der Waals surface area contributed by atoms with E-state index in [0.717, 1.165) is 5.56 Å². The van der Waals surface area contributed by atoms with Gasteiger partial charge in [-0.05, 0) is 42.8 Å². The number of hydrogen-bond donors (Lipinski definition) is 7. The zero-order valence-electron chi connectivity index (χ0n) is 22.2. The number of nitrogens with zero attached hydrogens (tertiary/aromatic N) is 1. The van der Waals surface area contributed by atoms with E-state index in [9.17, 15) is 24.3 Å². The SMILES string of the molecule is CSCCC(NC(=O)C(N)C(C)C)C(=O)NC(Cc1ccccc1)C(=O)NC(CCCN=C(N)N)C(=O)O. The van der Waals surface area contributed by atoms with Crippen molar-refractivity contribution in [1.29, 1.82) is 0 Å². The number of aliphatic imine (C=N–C) groups is 1. The zero-order chi connectivity index (χ0) is 28.7. The maximum atomic E-state index is 13.3. The van der Waals surface area contributed by atoms with E-state index in [1.54, 1.807) is 38.1 Å². The molecule has 212 valence electrons. The summed E-state index contributed by atoms with van der Waals surface area (Å²) in [5.41, 5.74) is 17.3. The Morgan fingerprint density at radius 3 is 2.05 bits per heavy atom. The lowest BCUT2D eigenvalue weighted by atomic mass is 10.0. The molecule has 0 aliphatic rings. The Balaban J connectivity index is 3.07. The van der Waals surface area contributed by atoms with Gasteiger partial charge in [-0.15, -0.1) is 0 Å². The summed E-state index contributed by atoms with van der Waals surface area (Å²) in [6, 6.07) is 5.00. The molecule has 38 heavy (non-hydrogen) atoms. The monoisotopic (exact) mass is 551 g/mol. The van der Waals surface area contributed by atoms with E-state index in [1.807, 2.05) is 12.3 Å². The van der Waals surface area contributed by atoms with Crippen LogP contribution in [0.4, 0.5) is 0 Å². The molecule has 12 nitrogen and oxygen atoms in total. The molecule has 0 fully saturated rings. The predicted molar refractivity (Wildman–Crippen MR) is 149 cm³/mol. The predicted octanol–water partition coefficient (Wildman–Crippen LogP) is -0.442. The third-order valence-electron chi connectivity index (χ3n) is 5.74. The molecule has 0 saturated heterocycles. The van der Waals surface area contributed by atoms with Crippen LogP contribution in [0, 0.1) is 5.92 Å². The van der Waals surface area contributed by atoms with Crippen LogP contribution in [0.3, 0.4) is 0 Å². The van der Waals surface area contributed by atoms with Crippen molar-refractivity contribution in [3.8, 4) is 0 Å². The van der Waals surface area contributed by atoms with Crippen LogP contribution in [0.1, 0.15) is 38.7 Å². The highest BCUT2D eigenvalue weighted by atomic mass is 32.2. The van der Waals surface area contributed by atoms with Gasteiger partial charge in [-0.3, -0.25) is 19.4 Å². The highest BCUT2D eigenvalue weighted by molar-refractivity contribution is 7.98. The minimum absolute atomic E-state index is 0.0867. The minimum atomic E-state index is -1.22. The van der Waals surface area contributed by atoms with Gasteiger partial charge < -0.3 is 38.3 Å². The number of benzene rings is 1. The molecule has 0 saturated carbocycles. The summed E-state index contributed by atoms with van der Waals surface area (Å²) in [7, 11) is 0. The second-order valence-corrected chi connectivity index (χ2v) is 10.2. The molecule has 0 heterocycles. The van der Waals surface area contributed by atoms with E-state index in [4.69, 9.17) is 17.2 Å². The van der Waals surface area contributed by atoms with Crippen LogP contribution in [0.15, 0.2) is 35.3 Å². The fourth-order valence-corrected chi connectivity index (χ4v) is 3.91. The summed E-state index contributed by atoms with van der Waals surface area (Å²) in [5.74, 6) is -2.55. The third-order valence-corrected chi connectivity index (χ3v) is 6.38. The number of carboxylic acid groups (broad SMARTS) is 1. The Hall–Kier alpha value is -3.32. The maximum absolute atomic E-state index is 13.3. The smallest absolute Gasteiger partial charge is 0.326 e. The second-order valence-electron chi connectivity index (χ2n) is 9.21. The number of aliphatic carboxylic acids is 1. The number of rotatable bonds is 17. The summed E-state index contributed by atoms with van der Waals surface area (Å²) in [5, 5.41) is 17.5. The lowest BCUT2D eigenvalue weighted by Crippen LogP contribution is -2.58. The summed E-state index contributed by atoms with van der Waals surface area (Å²) >= 11 is 1.51. The average molecular weight is 552 g/mol. The second kappa shape index (κ2) is 17.2. The molecule has 0 spiro atoms. The van der Waals surface area contributed by atoms with Crippen LogP contribution in [-0.4, -0.2) is 77.5 Å². The maximum Gasteiger partial charge on any atom is 0.326 e. The third kappa shape index (κ3) is 12.3. The van der Waals surface area contributed by atoms with Gasteiger partial charge in [0.15, 0.2) is 5.96 Å². The number of guanidine groups is 1. The number of carboxylic acids is 1. The molecule has 3 amide bonds. The zero-order valence-corrected chi connectivity index (χ0v) is 23.0. The fourth-order valence-electron chi connectivity index (χ4n) is 3.44. The molecule has 1 aromatic rings. The minimum Gasteiger partial charge on any atom is -0.480 e. The van der Waals surface area contributed by atoms with E-state index >= 15 is 0 Å². The highest BCUT2D eigenvalue weighted by Gasteiger charge is 2.30. The van der Waals surface area contributed by atoms with Crippen LogP contribution in [-0.2, 0) is 25.6 Å². The van der Waals surface area contributed by atoms with Gasteiger partial charge in [0.25, 0.3) is 0 Å². The number of nitrogens with two attached hydrogens (primary N) is 3. The van der Waals surface area contributed by atoms with Gasteiger partial charge in [-0.2, -0.15) is 11.8 Å². The van der Waals surface area contributed by atoms with E-state index in [0.29, 0.717) is 18.6 Å². The van der Waals surface area contributed by atoms with Crippen molar-refractivity contribution in [2.24, 2.45) is 28.1 Å². The van der Waals surface area contributed by atoms with Gasteiger partial charge in [0.2, 0.25) is 17.7 Å². The molecule has 10 N–H and O–H groups in total. The first-order chi connectivity index (χ1) is 18.0. The highest BCUT2D eigenvalue weighted by Crippen LogP contribution is 2.08. The molecule has 0 bridgehead atoms. The molecule has 0 aliphatic carbocycles. The number of carbonyl (C=O) groups excluding carboxylic acids is 3. The summed E-state index contributed by atoms with van der Waals surface area (Å²) in [6.07, 6.45) is 2.73. The Morgan fingerprint density at radius 2 is 1.50 bits per heavy atom. The van der Waals surface area contributed by atoms with Crippen LogP contribution >= 0.6 is 11.8 Å². The van der Waals surface area contributed by atoms with Gasteiger partial charge in [-0.25, -0.2) is 4.79 Å². The van der Waals surface area contributed by atoms with Crippen LogP contribution < -0.4 is 33.2 Å². The van der Waals surface area contributed by atoms with E-state index in [-0.39, 0.29) is 31.3 Å². The van der Waals surface area contributed by atoms with Crippen molar-refractivity contribution in [1.82, 2.24) is 16.0 Å². The Bertz CT molecular complexity index is 941. The van der Waals surface area contributed by atoms with Crippen LogP contribution in [0.25, 0.3) is 0 Å². The standard InChI is InChI=1S/C25H41N7O5S/c1-15(2)20(26)23(35)30-17(11-13-38-3)21(33)32-19(14-16-8-5-4-6-9-16)22(34)31-18(24(36)37)10-7-12-29-25(27)28/h4-6,8-9,15,17-20H,7,10-14,26H2,1-3H3,(H,30,35)(H,31,34)(H,32,33)(H,36,37)(H4,27,28,29). The molecule has 13 heteroatoms. The van der Waals surface area contributed by atoms with Gasteiger partial charge in [0.1, 0.15) is 18.1 Å². The Labute approximate surface area is 227 Å². The quantitative estimate of drug-likeness (QED) is 0.0757. The van der Waals surface area contributed by atoms with Gasteiger partial charge >= 0.3 is 5.97 Å². The normalized spacial score (nSPS) is 14.0. The lowest BCUT2D eigenvalue weighted by Gasteiger charge is -2.26. The van der Waals surface area contributed by atoms with Gasteiger partial charge in [0, 0.05) is 13.0 Å². The van der Waals surface area contributed by atoms with Gasteiger partial charge in [0.05, 0.1) is 6.04 Å². The van der Waals surface area contributed by atoms with E-state index in [2.05, 4.69) is 20.9 Å². The number of carbonyl (C=O) groups is 4. The number of hydrogen-bond acceptors (Lipinski definition) is 7. The molecule has 4 unspecified atom stereocenters. The van der Waals surface area contributed by atoms with Crippen LogP contribution in [0.5, 0.6) is 0 Å². The summed E-state index contributed by atoms with van der Waals surface area (Å²) < 4.78 is 0. The first kappa shape index (κ1) is 32.7. The molecule has 1 rings (SSSR count). The molecule has 1 aromatic carbocycles. The number of amides is 3. The Kier molecular flexibility index (Phi) is 14.8. The number of nitrogens with one attached hydrogen (secondary N) is 3. The average Bonchev–Trinajstić information content (AvgIpc) is 2.87. The van der Waals surface area contributed by atoms with Crippen molar-refractivity contribution in [2.75, 3.05) is 18.6 Å². The molecule has 0 aromatic heterocycles. The molecular formula is C25H41N7O5S. The number of thioether (sulfide) groups is 1. The van der Waals surface area contributed by atoms with E-state index < -0.39 is 47.9 Å². The first-order valence-corrected chi connectivity index (χ1v) is 13.8. The van der Waals surface area contributed by atoms with Gasteiger partial charge in [-0.1, -0.05) is 44.2 Å². The summed E-state index contributed by atoms with van der Waals surface area (Å²) in [6.45, 7) is 3.82. The molecular weight excluding hydrogens is 510 g/mol. The molecule has 0 aliphatic heterocycles. The van der Waals surface area contributed by atoms with Crippen molar-refractivity contribution >= 4 is 41.4 Å². The summed E-state index contributed by atoms with van der Waals surface area (Å²) in [4.78, 5) is 54.7. The topological polar surface area (TPSA) is 215 Å². The van der Waals surface area contributed by atoms with E-state index in [1.165, 1.54) is 11.8 Å². The van der Waals surface area contributed by atoms with Crippen molar-refractivity contribution in [3.05, 3.63) is 35.9 Å². The van der Waals surface area contributed by atoms with Crippen molar-refractivity contribution < 1.29 is 24.3 Å². The lowest BCUT2D eigenvalue weighted by molar-refractivity contribution is -0.142. The largest absolute Gasteiger partial charge is 0.480 e. The molecule has 4 atom stereocenters.